The fraction of sp³-hybridized carbons (Fsp3) is 0.500. The Kier molecular flexibility index (Phi) is 13.4. The summed E-state index contributed by atoms with van der Waals surface area (Å²) in [4.78, 5) is 9.00. The van der Waals surface area contributed by atoms with Gasteiger partial charge in [0.1, 0.15) is 0 Å². The van der Waals surface area contributed by atoms with Gasteiger partial charge in [0.2, 0.25) is 0 Å². The van der Waals surface area contributed by atoms with Crippen LogP contribution in [0.25, 0.3) is 0 Å². The van der Waals surface area contributed by atoms with Crippen LogP contribution in [0.15, 0.2) is 0 Å². The summed E-state index contributed by atoms with van der Waals surface area (Å²) in [6.45, 7) is 1.08. The minimum Gasteiger partial charge on any atom is -0.481 e. The molecule has 0 aliphatic rings. The molecule has 0 spiro atoms. The van der Waals surface area contributed by atoms with Crippen molar-refractivity contribution in [2.75, 3.05) is 0 Å². The van der Waals surface area contributed by atoms with Gasteiger partial charge in [-0.05, 0) is 0 Å². The molecule has 0 aliphatic heterocycles. The second kappa shape index (κ2) is 8.82. The maximum Gasteiger partial charge on any atom is 0.300 e. The Morgan fingerprint density at radius 1 is 1.67 bits per heavy atom. The van der Waals surface area contributed by atoms with E-state index in [-0.39, 0.29) is 0 Å². The molecule has 1 N–H and O–H groups in total. The lowest BCUT2D eigenvalue weighted by Crippen LogP contribution is -1.78. The van der Waals surface area contributed by atoms with E-state index >= 15 is 0 Å². The van der Waals surface area contributed by atoms with Crippen LogP contribution in [0, 0.1) is 0 Å². The number of rotatable bonds is 0. The van der Waals surface area contributed by atoms with Crippen LogP contribution in [0.3, 0.4) is 0 Å². The second-order valence-electron chi connectivity index (χ2n) is 0.519. The van der Waals surface area contributed by atoms with Crippen molar-refractivity contribution < 1.29 is 14.1 Å². The molecule has 0 atom stereocenters. The standard InChI is InChI=1S/C2H4O2.OS/c1-2(3)4;1-2/h1H3,(H,3,4);. The van der Waals surface area contributed by atoms with Gasteiger partial charge >= 0.3 is 0 Å². The lowest BCUT2D eigenvalue weighted by Gasteiger charge is -1.59. The monoisotopic (exact) mass is 108 g/mol. The van der Waals surface area contributed by atoms with Gasteiger partial charge in [0.05, 0.1) is 0 Å². The number of hydrogen-bond acceptors (Lipinski definition) is 3. The Hall–Kier alpha value is -0.510. The number of aliphatic carboxylic acids is 1. The highest BCUT2D eigenvalue weighted by atomic mass is 32.1. The van der Waals surface area contributed by atoms with Gasteiger partial charge in [0.15, 0.2) is 12.5 Å². The predicted octanol–water partition coefficient (Wildman–Crippen LogP) is -0.245. The largest absolute Gasteiger partial charge is 0.481 e. The smallest absolute Gasteiger partial charge is 0.300 e. The summed E-state index contributed by atoms with van der Waals surface area (Å²) in [7, 11) is 0. The lowest BCUT2D eigenvalue weighted by atomic mass is 10.9. The summed E-state index contributed by atoms with van der Waals surface area (Å²) in [6.07, 6.45) is 0. The van der Waals surface area contributed by atoms with E-state index in [1.54, 1.807) is 0 Å². The molecule has 0 heterocycles. The molecular formula is C2H4O3S. The van der Waals surface area contributed by atoms with Gasteiger partial charge in [-0.15, -0.1) is 0 Å². The van der Waals surface area contributed by atoms with Gasteiger partial charge in [-0.25, -0.2) is 0 Å². The van der Waals surface area contributed by atoms with Crippen molar-refractivity contribution in [3.05, 3.63) is 0 Å². The quantitative estimate of drug-likeness (QED) is 0.465. The molecule has 0 fully saturated rings. The molecule has 0 saturated carbocycles. The van der Waals surface area contributed by atoms with Crippen LogP contribution in [0.2, 0.25) is 0 Å². The van der Waals surface area contributed by atoms with Gasteiger partial charge < -0.3 is 5.11 Å². The first-order valence-electron chi connectivity index (χ1n) is 1.09. The predicted molar refractivity (Wildman–Crippen MR) is 21.5 cm³/mol. The minimum atomic E-state index is -0.833. The zero-order chi connectivity index (χ0) is 5.58. The maximum atomic E-state index is 9.00. The molecule has 0 bridgehead atoms. The van der Waals surface area contributed by atoms with E-state index < -0.39 is 5.97 Å². The molecule has 0 saturated heterocycles. The first kappa shape index (κ1) is 9.09. The fourth-order valence-electron chi connectivity index (χ4n) is 0. The Labute approximate surface area is 40.5 Å². The molecule has 4 heteroatoms. The van der Waals surface area contributed by atoms with Crippen molar-refractivity contribution in [3.63, 3.8) is 0 Å². The topological polar surface area (TPSA) is 54.4 Å². The highest BCUT2D eigenvalue weighted by Crippen LogP contribution is 1.42. The normalized spacial score (nSPS) is 4.83. The van der Waals surface area contributed by atoms with E-state index in [1.165, 1.54) is 0 Å². The first-order valence-corrected chi connectivity index (χ1v) is 1.43. The third-order valence-corrected chi connectivity index (χ3v) is 0. The molecule has 36 valence electrons. The molecular weight excluding hydrogens is 104 g/mol. The van der Waals surface area contributed by atoms with Gasteiger partial charge in [-0.1, -0.05) is 0 Å². The highest BCUT2D eigenvalue weighted by molar-refractivity contribution is 7.44. The van der Waals surface area contributed by atoms with Crippen molar-refractivity contribution in [1.82, 2.24) is 0 Å². The van der Waals surface area contributed by atoms with Crippen molar-refractivity contribution in [2.24, 2.45) is 0 Å². The van der Waals surface area contributed by atoms with E-state index in [1.807, 2.05) is 0 Å². The Morgan fingerprint density at radius 3 is 1.67 bits per heavy atom. The van der Waals surface area contributed by atoms with Crippen molar-refractivity contribution in [1.29, 1.82) is 0 Å². The van der Waals surface area contributed by atoms with E-state index in [0.29, 0.717) is 0 Å². The number of hydrogen-bond donors (Lipinski definition) is 1. The van der Waals surface area contributed by atoms with Gasteiger partial charge in [-0.2, -0.15) is 4.21 Å². The molecule has 3 nitrogen and oxygen atoms in total. The Bertz CT molecular complexity index is 40.1. The third kappa shape index (κ3) is 83.2. The number of carboxylic acids is 1. The molecule has 0 radical (unpaired) electrons. The maximum absolute atomic E-state index is 9.00. The van der Waals surface area contributed by atoms with Crippen molar-refractivity contribution in [3.8, 4) is 0 Å². The van der Waals surface area contributed by atoms with Crippen LogP contribution in [0.1, 0.15) is 6.92 Å². The summed E-state index contributed by atoms with van der Waals surface area (Å²) >= 11 is 2.83. The number of carbonyl (C=O) groups is 1. The zero-order valence-electron chi connectivity index (χ0n) is 3.17. The first-order chi connectivity index (χ1) is 2.73. The summed E-state index contributed by atoms with van der Waals surface area (Å²) < 4.78 is 7.83. The summed E-state index contributed by atoms with van der Waals surface area (Å²) in [6, 6.07) is 0. The van der Waals surface area contributed by atoms with Crippen LogP contribution in [0.5, 0.6) is 0 Å². The molecule has 0 amide bonds. The van der Waals surface area contributed by atoms with E-state index in [0.717, 1.165) is 6.92 Å². The summed E-state index contributed by atoms with van der Waals surface area (Å²) in [5.74, 6) is -0.833. The van der Waals surface area contributed by atoms with Gasteiger partial charge in [0, 0.05) is 6.92 Å². The molecule has 6 heavy (non-hydrogen) atoms. The molecule has 0 aromatic carbocycles. The SMILES string of the molecule is CC(=O)O.O=S. The van der Waals surface area contributed by atoms with Crippen LogP contribution in [-0.4, -0.2) is 15.3 Å². The lowest BCUT2D eigenvalue weighted by molar-refractivity contribution is -0.134. The summed E-state index contributed by atoms with van der Waals surface area (Å²) in [5.41, 5.74) is 0. The average Bonchev–Trinajstić information content (AvgIpc) is 1.41. The van der Waals surface area contributed by atoms with Gasteiger partial charge in [0.25, 0.3) is 5.97 Å². The minimum absolute atomic E-state index is 0.833. The molecule has 0 rings (SSSR count). The van der Waals surface area contributed by atoms with Crippen LogP contribution >= 0.6 is 0 Å². The van der Waals surface area contributed by atoms with E-state index in [4.69, 9.17) is 14.1 Å². The van der Waals surface area contributed by atoms with Crippen LogP contribution in [0.4, 0.5) is 0 Å². The molecule has 0 unspecified atom stereocenters. The van der Waals surface area contributed by atoms with Gasteiger partial charge in [-0.3, -0.25) is 4.79 Å². The van der Waals surface area contributed by atoms with E-state index in [9.17, 15) is 0 Å². The average molecular weight is 108 g/mol. The molecule has 0 aliphatic carbocycles. The number of carboxylic acid groups (broad SMARTS) is 1. The molecule has 0 aromatic heterocycles. The molecule has 0 aromatic rings. The Balaban J connectivity index is 0. The second-order valence-corrected chi connectivity index (χ2v) is 0.519. The van der Waals surface area contributed by atoms with Crippen molar-refractivity contribution in [2.45, 2.75) is 6.92 Å². The third-order valence-electron chi connectivity index (χ3n) is 0. The van der Waals surface area contributed by atoms with E-state index in [2.05, 4.69) is 12.5 Å². The zero-order valence-corrected chi connectivity index (χ0v) is 3.99. The van der Waals surface area contributed by atoms with Crippen molar-refractivity contribution >= 4 is 18.5 Å². The highest BCUT2D eigenvalue weighted by Gasteiger charge is 1.65. The Morgan fingerprint density at radius 2 is 1.67 bits per heavy atom. The summed E-state index contributed by atoms with van der Waals surface area (Å²) in [5, 5.41) is 7.42. The fourth-order valence-corrected chi connectivity index (χ4v) is 0. The van der Waals surface area contributed by atoms with Crippen LogP contribution < -0.4 is 0 Å². The van der Waals surface area contributed by atoms with Crippen LogP contribution in [-0.2, 0) is 17.3 Å².